The number of carbonyl (C=O) groups is 1. The molecule has 1 heterocycles. The zero-order chi connectivity index (χ0) is 12.0. The van der Waals surface area contributed by atoms with Crippen molar-refractivity contribution >= 4 is 23.4 Å². The molecule has 2 nitrogen and oxygen atoms in total. The first-order valence-electron chi connectivity index (χ1n) is 5.57. The number of rotatable bonds is 0. The highest BCUT2D eigenvalue weighted by atomic mass is 32.2. The molecule has 1 aromatic rings. The van der Waals surface area contributed by atoms with Crippen molar-refractivity contribution in [3.05, 3.63) is 48.1 Å². The Hall–Kier alpha value is -1.48. The van der Waals surface area contributed by atoms with Crippen LogP contribution >= 0.6 is 11.8 Å². The fourth-order valence-electron chi connectivity index (χ4n) is 2.30. The topological polar surface area (TPSA) is 20.3 Å². The molecule has 0 unspecified atom stereocenters. The summed E-state index contributed by atoms with van der Waals surface area (Å²) in [5.41, 5.74) is 2.15. The summed E-state index contributed by atoms with van der Waals surface area (Å²) in [4.78, 5) is 15.4. The van der Waals surface area contributed by atoms with E-state index in [0.29, 0.717) is 0 Å². The van der Waals surface area contributed by atoms with Crippen molar-refractivity contribution in [1.82, 2.24) is 0 Å². The van der Waals surface area contributed by atoms with Crippen LogP contribution in [-0.4, -0.2) is 17.7 Å². The van der Waals surface area contributed by atoms with Gasteiger partial charge in [0, 0.05) is 11.9 Å². The SMILES string of the molecule is CC1=C[C@]2(C=C1)Sc1ccccc1N(C)C2=O. The van der Waals surface area contributed by atoms with E-state index in [9.17, 15) is 4.79 Å². The molecule has 0 fully saturated rings. The van der Waals surface area contributed by atoms with Crippen LogP contribution in [-0.2, 0) is 4.79 Å². The Morgan fingerprint density at radius 2 is 2.06 bits per heavy atom. The van der Waals surface area contributed by atoms with Gasteiger partial charge in [0.05, 0.1) is 5.69 Å². The predicted molar refractivity (Wildman–Crippen MR) is 71.3 cm³/mol. The number of para-hydroxylation sites is 1. The zero-order valence-corrected chi connectivity index (χ0v) is 10.6. The summed E-state index contributed by atoms with van der Waals surface area (Å²) in [6, 6.07) is 8.04. The van der Waals surface area contributed by atoms with Gasteiger partial charge in [0.15, 0.2) is 0 Å². The lowest BCUT2D eigenvalue weighted by molar-refractivity contribution is -0.118. The first-order valence-corrected chi connectivity index (χ1v) is 6.39. The zero-order valence-electron chi connectivity index (χ0n) is 9.81. The van der Waals surface area contributed by atoms with Crippen LogP contribution in [0.5, 0.6) is 0 Å². The van der Waals surface area contributed by atoms with E-state index in [-0.39, 0.29) is 5.91 Å². The van der Waals surface area contributed by atoms with Crippen molar-refractivity contribution in [2.75, 3.05) is 11.9 Å². The van der Waals surface area contributed by atoms with Crippen molar-refractivity contribution in [1.29, 1.82) is 0 Å². The molecule has 17 heavy (non-hydrogen) atoms. The number of amides is 1. The predicted octanol–water partition coefficient (Wildman–Crippen LogP) is 3.01. The maximum atomic E-state index is 12.5. The lowest BCUT2D eigenvalue weighted by Crippen LogP contribution is -2.45. The van der Waals surface area contributed by atoms with Gasteiger partial charge in [-0.2, -0.15) is 0 Å². The molecule has 0 saturated carbocycles. The summed E-state index contributed by atoms with van der Waals surface area (Å²) >= 11 is 1.63. The van der Waals surface area contributed by atoms with Gasteiger partial charge in [-0.1, -0.05) is 47.7 Å². The van der Waals surface area contributed by atoms with Gasteiger partial charge in [0.25, 0.3) is 5.91 Å². The molecule has 1 aromatic carbocycles. The van der Waals surface area contributed by atoms with Crippen LogP contribution in [0.3, 0.4) is 0 Å². The third kappa shape index (κ3) is 1.46. The molecule has 86 valence electrons. The molecule has 3 rings (SSSR count). The Morgan fingerprint density at radius 1 is 1.29 bits per heavy atom. The van der Waals surface area contributed by atoms with Crippen LogP contribution in [0.4, 0.5) is 5.69 Å². The van der Waals surface area contributed by atoms with Crippen molar-refractivity contribution in [3.8, 4) is 0 Å². The van der Waals surface area contributed by atoms with Crippen molar-refractivity contribution in [3.63, 3.8) is 0 Å². The lowest BCUT2D eigenvalue weighted by Gasteiger charge is -2.35. The van der Waals surface area contributed by atoms with Crippen molar-refractivity contribution in [2.45, 2.75) is 16.6 Å². The van der Waals surface area contributed by atoms with Gasteiger partial charge in [-0.25, -0.2) is 0 Å². The molecular formula is C14H13NOS. The number of hydrogen-bond donors (Lipinski definition) is 0. The van der Waals surface area contributed by atoms with E-state index >= 15 is 0 Å². The van der Waals surface area contributed by atoms with Crippen LogP contribution in [0, 0.1) is 0 Å². The van der Waals surface area contributed by atoms with Gasteiger partial charge in [-0.3, -0.25) is 4.79 Å². The number of benzene rings is 1. The molecule has 3 heteroatoms. The second kappa shape index (κ2) is 3.50. The van der Waals surface area contributed by atoms with Crippen LogP contribution in [0.2, 0.25) is 0 Å². The third-order valence-corrected chi connectivity index (χ3v) is 4.51. The maximum absolute atomic E-state index is 12.5. The Morgan fingerprint density at radius 3 is 2.76 bits per heavy atom. The summed E-state index contributed by atoms with van der Waals surface area (Å²) in [5.74, 6) is 0.134. The Bertz CT molecular complexity index is 561. The third-order valence-electron chi connectivity index (χ3n) is 3.18. The molecule has 0 N–H and O–H groups in total. The highest BCUT2D eigenvalue weighted by Gasteiger charge is 2.43. The molecular weight excluding hydrogens is 230 g/mol. The van der Waals surface area contributed by atoms with Crippen molar-refractivity contribution in [2.24, 2.45) is 0 Å². The number of carbonyl (C=O) groups excluding carboxylic acids is 1. The van der Waals surface area contributed by atoms with Gasteiger partial charge in [-0.15, -0.1) is 0 Å². The molecule has 0 bridgehead atoms. The molecule has 1 aliphatic heterocycles. The first kappa shape index (κ1) is 10.7. The molecule has 1 amide bonds. The molecule has 0 aromatic heterocycles. The van der Waals surface area contributed by atoms with Crippen molar-refractivity contribution < 1.29 is 4.79 Å². The monoisotopic (exact) mass is 243 g/mol. The number of hydrogen-bond acceptors (Lipinski definition) is 2. The van der Waals surface area contributed by atoms with E-state index in [1.807, 2.05) is 50.4 Å². The Labute approximate surface area is 105 Å². The van der Waals surface area contributed by atoms with Gasteiger partial charge in [0.1, 0.15) is 4.75 Å². The summed E-state index contributed by atoms with van der Waals surface area (Å²) in [6.07, 6.45) is 6.07. The first-order chi connectivity index (χ1) is 8.12. The smallest absolute Gasteiger partial charge is 0.251 e. The van der Waals surface area contributed by atoms with E-state index in [1.54, 1.807) is 16.7 Å². The van der Waals surface area contributed by atoms with Gasteiger partial charge < -0.3 is 4.90 Å². The standard InChI is InChI=1S/C14H13NOS/c1-10-7-8-14(9-10)13(16)15(2)11-5-3-4-6-12(11)17-14/h3-9H,1-2H3/t14-/m0/s1. The van der Waals surface area contributed by atoms with Gasteiger partial charge in [-0.05, 0) is 19.1 Å². The van der Waals surface area contributed by atoms with Crippen LogP contribution in [0.25, 0.3) is 0 Å². The fraction of sp³-hybridized carbons (Fsp3) is 0.214. The molecule has 1 atom stereocenters. The minimum atomic E-state index is -0.521. The second-order valence-corrected chi connectivity index (χ2v) is 5.77. The molecule has 0 saturated heterocycles. The summed E-state index contributed by atoms with van der Waals surface area (Å²) < 4.78 is -0.521. The van der Waals surface area contributed by atoms with E-state index in [1.165, 1.54) is 0 Å². The number of fused-ring (bicyclic) bond motifs is 1. The lowest BCUT2D eigenvalue weighted by atomic mass is 10.1. The summed E-state index contributed by atoms with van der Waals surface area (Å²) in [5, 5.41) is 0. The quantitative estimate of drug-likeness (QED) is 0.698. The Kier molecular flexibility index (Phi) is 2.20. The fourth-order valence-corrected chi connectivity index (χ4v) is 3.73. The van der Waals surface area contributed by atoms with E-state index in [4.69, 9.17) is 0 Å². The van der Waals surface area contributed by atoms with E-state index < -0.39 is 4.75 Å². The molecule has 2 aliphatic rings. The summed E-state index contributed by atoms with van der Waals surface area (Å²) in [6.45, 7) is 2.03. The number of nitrogens with zero attached hydrogens (tertiary/aromatic N) is 1. The molecule has 1 aliphatic carbocycles. The Balaban J connectivity index is 2.15. The number of allylic oxidation sites excluding steroid dienone is 2. The van der Waals surface area contributed by atoms with Gasteiger partial charge in [0.2, 0.25) is 0 Å². The van der Waals surface area contributed by atoms with Crippen LogP contribution < -0.4 is 4.90 Å². The normalized spacial score (nSPS) is 26.4. The average Bonchev–Trinajstić information content (AvgIpc) is 2.69. The van der Waals surface area contributed by atoms with E-state index in [0.717, 1.165) is 16.2 Å². The average molecular weight is 243 g/mol. The van der Waals surface area contributed by atoms with Gasteiger partial charge >= 0.3 is 0 Å². The minimum absolute atomic E-state index is 0.134. The number of thioether (sulfide) groups is 1. The summed E-state index contributed by atoms with van der Waals surface area (Å²) in [7, 11) is 1.85. The van der Waals surface area contributed by atoms with Crippen LogP contribution in [0.15, 0.2) is 53.0 Å². The number of anilines is 1. The molecule has 0 radical (unpaired) electrons. The van der Waals surface area contributed by atoms with Crippen LogP contribution in [0.1, 0.15) is 6.92 Å². The maximum Gasteiger partial charge on any atom is 0.251 e. The highest BCUT2D eigenvalue weighted by molar-refractivity contribution is 8.02. The largest absolute Gasteiger partial charge is 0.313 e. The minimum Gasteiger partial charge on any atom is -0.313 e. The molecule has 1 spiro atoms. The second-order valence-electron chi connectivity index (χ2n) is 4.45. The highest BCUT2D eigenvalue weighted by Crippen LogP contribution is 2.48. The van der Waals surface area contributed by atoms with E-state index in [2.05, 4.69) is 6.07 Å².